The number of amides is 1. The lowest BCUT2D eigenvalue weighted by Gasteiger charge is -2.21. The summed E-state index contributed by atoms with van der Waals surface area (Å²) in [5.74, 6) is 2.54. The van der Waals surface area contributed by atoms with Gasteiger partial charge in [-0.2, -0.15) is 0 Å². The standard InChI is InChI=1S/C18H23NO3/c1-5-6-12-16(19-17(21)22-18(2,3)4)15(13-20)14-10-8-7-9-11-14/h1,7-11,20H,6,12-13H2,2-4H3,(H,19,21)/b16-15-. The minimum absolute atomic E-state index is 0.195. The number of alkyl carbamates (subject to hydrolysis) is 1. The molecule has 1 amide bonds. The van der Waals surface area contributed by atoms with Crippen molar-refractivity contribution < 1.29 is 14.6 Å². The summed E-state index contributed by atoms with van der Waals surface area (Å²) in [6, 6.07) is 9.38. The third-order valence-electron chi connectivity index (χ3n) is 2.82. The first-order valence-corrected chi connectivity index (χ1v) is 7.19. The van der Waals surface area contributed by atoms with Gasteiger partial charge in [-0.25, -0.2) is 4.79 Å². The van der Waals surface area contributed by atoms with Crippen LogP contribution in [-0.2, 0) is 4.74 Å². The van der Waals surface area contributed by atoms with Crippen molar-refractivity contribution in [2.24, 2.45) is 0 Å². The van der Waals surface area contributed by atoms with E-state index in [1.165, 1.54) is 0 Å². The number of nitrogens with one attached hydrogen (secondary N) is 1. The Morgan fingerprint density at radius 3 is 2.45 bits per heavy atom. The number of ether oxygens (including phenoxy) is 1. The van der Waals surface area contributed by atoms with Crippen LogP contribution in [-0.4, -0.2) is 23.4 Å². The highest BCUT2D eigenvalue weighted by Gasteiger charge is 2.18. The summed E-state index contributed by atoms with van der Waals surface area (Å²) in [5, 5.41) is 12.4. The van der Waals surface area contributed by atoms with Crippen LogP contribution in [0.25, 0.3) is 5.57 Å². The van der Waals surface area contributed by atoms with Crippen molar-refractivity contribution >= 4 is 11.7 Å². The third-order valence-corrected chi connectivity index (χ3v) is 2.82. The molecule has 0 unspecified atom stereocenters. The monoisotopic (exact) mass is 301 g/mol. The Kier molecular flexibility index (Phi) is 6.68. The lowest BCUT2D eigenvalue weighted by atomic mass is 10.0. The van der Waals surface area contributed by atoms with E-state index < -0.39 is 11.7 Å². The molecular weight excluding hydrogens is 278 g/mol. The number of carbonyl (C=O) groups excluding carboxylic acids is 1. The first kappa shape index (κ1) is 17.8. The summed E-state index contributed by atoms with van der Waals surface area (Å²) in [6.45, 7) is 5.18. The number of benzene rings is 1. The second-order valence-electron chi connectivity index (χ2n) is 5.81. The van der Waals surface area contributed by atoms with E-state index >= 15 is 0 Å². The minimum atomic E-state index is -0.590. The molecule has 4 heteroatoms. The van der Waals surface area contributed by atoms with Gasteiger partial charge >= 0.3 is 6.09 Å². The van der Waals surface area contributed by atoms with Crippen LogP contribution in [0.4, 0.5) is 4.79 Å². The van der Waals surface area contributed by atoms with Gasteiger partial charge in [0.15, 0.2) is 0 Å². The molecule has 4 nitrogen and oxygen atoms in total. The third kappa shape index (κ3) is 6.02. The largest absolute Gasteiger partial charge is 0.444 e. The maximum Gasteiger partial charge on any atom is 0.411 e. The highest BCUT2D eigenvalue weighted by Crippen LogP contribution is 2.20. The molecule has 1 rings (SSSR count). The van der Waals surface area contributed by atoms with E-state index in [0.29, 0.717) is 24.1 Å². The lowest BCUT2D eigenvalue weighted by Crippen LogP contribution is -2.32. The van der Waals surface area contributed by atoms with E-state index in [2.05, 4.69) is 11.2 Å². The number of terminal acetylenes is 1. The van der Waals surface area contributed by atoms with E-state index in [0.717, 1.165) is 5.56 Å². The minimum Gasteiger partial charge on any atom is -0.444 e. The molecule has 1 aromatic rings. The Morgan fingerprint density at radius 2 is 1.95 bits per heavy atom. The fraction of sp³-hybridized carbons (Fsp3) is 0.389. The summed E-state index contributed by atoms with van der Waals surface area (Å²) in [6.07, 6.45) is 5.68. The number of allylic oxidation sites excluding steroid dienone is 1. The van der Waals surface area contributed by atoms with Gasteiger partial charge in [-0.3, -0.25) is 5.32 Å². The van der Waals surface area contributed by atoms with Crippen LogP contribution >= 0.6 is 0 Å². The predicted molar refractivity (Wildman–Crippen MR) is 87.9 cm³/mol. The predicted octanol–water partition coefficient (Wildman–Crippen LogP) is 3.33. The Morgan fingerprint density at radius 1 is 1.32 bits per heavy atom. The molecule has 0 aliphatic heterocycles. The van der Waals surface area contributed by atoms with Gasteiger partial charge in [0.1, 0.15) is 5.60 Å². The van der Waals surface area contributed by atoms with Gasteiger partial charge in [-0.1, -0.05) is 30.3 Å². The van der Waals surface area contributed by atoms with Crippen molar-refractivity contribution in [2.45, 2.75) is 39.2 Å². The zero-order chi connectivity index (χ0) is 16.6. The number of hydrogen-bond acceptors (Lipinski definition) is 3. The number of rotatable bonds is 5. The molecule has 0 bridgehead atoms. The smallest absolute Gasteiger partial charge is 0.411 e. The fourth-order valence-corrected chi connectivity index (χ4v) is 1.91. The zero-order valence-electron chi connectivity index (χ0n) is 13.3. The Hall–Kier alpha value is -2.25. The van der Waals surface area contributed by atoms with E-state index in [4.69, 9.17) is 11.2 Å². The number of aliphatic hydroxyl groups is 1. The number of hydrogen-bond donors (Lipinski definition) is 2. The molecule has 0 aromatic heterocycles. The highest BCUT2D eigenvalue weighted by atomic mass is 16.6. The zero-order valence-corrected chi connectivity index (χ0v) is 13.3. The number of carbonyl (C=O) groups is 1. The average molecular weight is 301 g/mol. The van der Waals surface area contributed by atoms with Crippen LogP contribution in [0.3, 0.4) is 0 Å². The first-order valence-electron chi connectivity index (χ1n) is 7.19. The van der Waals surface area contributed by atoms with Gasteiger partial charge in [0.25, 0.3) is 0 Å². The molecule has 0 aliphatic rings. The first-order chi connectivity index (χ1) is 10.4. The molecule has 1 aromatic carbocycles. The van der Waals surface area contributed by atoms with Gasteiger partial charge in [0.05, 0.1) is 6.61 Å². The van der Waals surface area contributed by atoms with Crippen molar-refractivity contribution in [1.82, 2.24) is 5.32 Å². The summed E-state index contributed by atoms with van der Waals surface area (Å²) in [4.78, 5) is 12.0. The average Bonchev–Trinajstić information content (AvgIpc) is 2.44. The molecule has 0 radical (unpaired) electrons. The molecule has 0 atom stereocenters. The Balaban J connectivity index is 3.06. The lowest BCUT2D eigenvalue weighted by molar-refractivity contribution is 0.0544. The molecule has 22 heavy (non-hydrogen) atoms. The van der Waals surface area contributed by atoms with Crippen molar-refractivity contribution in [2.75, 3.05) is 6.61 Å². The maximum atomic E-state index is 12.0. The molecular formula is C18H23NO3. The summed E-state index contributed by atoms with van der Waals surface area (Å²) < 4.78 is 5.26. The van der Waals surface area contributed by atoms with Gasteiger partial charge < -0.3 is 9.84 Å². The fourth-order valence-electron chi connectivity index (χ4n) is 1.91. The second kappa shape index (κ2) is 8.26. The van der Waals surface area contributed by atoms with Crippen LogP contribution in [0.15, 0.2) is 36.0 Å². The molecule has 0 saturated heterocycles. The molecule has 2 N–H and O–H groups in total. The van der Waals surface area contributed by atoms with Crippen molar-refractivity contribution in [3.8, 4) is 12.3 Å². The van der Waals surface area contributed by atoms with Gasteiger partial charge in [-0.15, -0.1) is 12.3 Å². The van der Waals surface area contributed by atoms with Crippen molar-refractivity contribution in [3.63, 3.8) is 0 Å². The summed E-state index contributed by atoms with van der Waals surface area (Å²) in [7, 11) is 0. The Bertz CT molecular complexity index is 562. The van der Waals surface area contributed by atoms with E-state index in [1.54, 1.807) is 20.8 Å². The normalized spacial score (nSPS) is 12.1. The van der Waals surface area contributed by atoms with E-state index in [1.807, 2.05) is 30.3 Å². The molecule has 118 valence electrons. The van der Waals surface area contributed by atoms with E-state index in [9.17, 15) is 9.90 Å². The van der Waals surface area contributed by atoms with Gasteiger partial charge in [0.2, 0.25) is 0 Å². The molecule has 0 aliphatic carbocycles. The van der Waals surface area contributed by atoms with Gasteiger partial charge in [0, 0.05) is 17.7 Å². The molecule has 0 saturated carbocycles. The molecule has 0 heterocycles. The van der Waals surface area contributed by atoms with E-state index in [-0.39, 0.29) is 6.61 Å². The number of aliphatic hydroxyl groups excluding tert-OH is 1. The summed E-state index contributed by atoms with van der Waals surface area (Å²) in [5.41, 5.74) is 1.48. The van der Waals surface area contributed by atoms with Crippen LogP contribution in [0.5, 0.6) is 0 Å². The van der Waals surface area contributed by atoms with Crippen LogP contribution < -0.4 is 5.32 Å². The Labute approximate surface area is 132 Å². The maximum absolute atomic E-state index is 12.0. The second-order valence-corrected chi connectivity index (χ2v) is 5.81. The van der Waals surface area contributed by atoms with Gasteiger partial charge in [-0.05, 0) is 32.8 Å². The van der Waals surface area contributed by atoms with Crippen LogP contribution in [0, 0.1) is 12.3 Å². The molecule has 0 spiro atoms. The molecule has 0 fully saturated rings. The van der Waals surface area contributed by atoms with Crippen molar-refractivity contribution in [3.05, 3.63) is 41.6 Å². The van der Waals surface area contributed by atoms with Crippen LogP contribution in [0.1, 0.15) is 39.2 Å². The highest BCUT2D eigenvalue weighted by molar-refractivity contribution is 5.76. The quantitative estimate of drug-likeness (QED) is 0.820. The topological polar surface area (TPSA) is 58.6 Å². The van der Waals surface area contributed by atoms with Crippen LogP contribution in [0.2, 0.25) is 0 Å². The summed E-state index contributed by atoms with van der Waals surface area (Å²) >= 11 is 0. The van der Waals surface area contributed by atoms with Crippen molar-refractivity contribution in [1.29, 1.82) is 0 Å². The SMILES string of the molecule is C#CCC/C(NC(=O)OC(C)(C)C)=C(\CO)c1ccccc1.